The summed E-state index contributed by atoms with van der Waals surface area (Å²) in [7, 11) is -1.83. The highest BCUT2D eigenvalue weighted by molar-refractivity contribution is 7.92. The Hall–Kier alpha value is -2.39. The molecule has 1 N–H and O–H groups in total. The van der Waals surface area contributed by atoms with Crippen LogP contribution in [-0.4, -0.2) is 53.2 Å². The van der Waals surface area contributed by atoms with Gasteiger partial charge in [0.2, 0.25) is 0 Å². The van der Waals surface area contributed by atoms with Crippen molar-refractivity contribution in [2.24, 2.45) is 0 Å². The highest BCUT2D eigenvalue weighted by Crippen LogP contribution is 2.29. The molecule has 2 aromatic carbocycles. The van der Waals surface area contributed by atoms with Gasteiger partial charge in [0, 0.05) is 37.9 Å². The van der Waals surface area contributed by atoms with Crippen molar-refractivity contribution in [1.29, 1.82) is 0 Å². The molecule has 0 aromatic heterocycles. The van der Waals surface area contributed by atoms with Gasteiger partial charge in [-0.15, -0.1) is 0 Å². The largest absolute Gasteiger partial charge is 0.434 e. The Morgan fingerprint density at radius 1 is 1.00 bits per heavy atom. The Morgan fingerprint density at radius 2 is 1.66 bits per heavy atom. The van der Waals surface area contributed by atoms with E-state index in [9.17, 15) is 17.2 Å². The van der Waals surface area contributed by atoms with Crippen LogP contribution in [0.25, 0.3) is 0 Å². The zero-order chi connectivity index (χ0) is 21.2. The second-order valence-electron chi connectivity index (χ2n) is 7.20. The molecule has 1 aliphatic heterocycles. The molecule has 0 atom stereocenters. The molecule has 0 spiro atoms. The molecule has 0 saturated carbocycles. The van der Waals surface area contributed by atoms with Crippen molar-refractivity contribution in [2.45, 2.75) is 25.4 Å². The standard InChI is InChI=1S/C20H25F2N3O3S/c1-14-5-7-17(13-18(14)25-10-8-24(3)9-11-25)29(26,27)23-16-6-4-15(2)19(12-16)28-20(21)22/h4-7,12-13,20,23H,8-11H2,1-3H3. The molecule has 0 aliphatic carbocycles. The molecule has 1 aliphatic rings. The molecule has 0 radical (unpaired) electrons. The van der Waals surface area contributed by atoms with E-state index < -0.39 is 16.6 Å². The predicted molar refractivity (Wildman–Crippen MR) is 110 cm³/mol. The maximum Gasteiger partial charge on any atom is 0.387 e. The van der Waals surface area contributed by atoms with Gasteiger partial charge in [-0.1, -0.05) is 12.1 Å². The van der Waals surface area contributed by atoms with E-state index >= 15 is 0 Å². The number of likely N-dealkylation sites (N-methyl/N-ethyl adjacent to an activating group) is 1. The van der Waals surface area contributed by atoms with Crippen molar-refractivity contribution in [1.82, 2.24) is 4.90 Å². The lowest BCUT2D eigenvalue weighted by Crippen LogP contribution is -2.44. The Bertz CT molecular complexity index is 975. The number of sulfonamides is 1. The van der Waals surface area contributed by atoms with E-state index in [4.69, 9.17) is 0 Å². The lowest BCUT2D eigenvalue weighted by molar-refractivity contribution is -0.0502. The van der Waals surface area contributed by atoms with Crippen LogP contribution in [0.4, 0.5) is 20.2 Å². The fraction of sp³-hybridized carbons (Fsp3) is 0.400. The monoisotopic (exact) mass is 425 g/mol. The lowest BCUT2D eigenvalue weighted by atomic mass is 10.1. The van der Waals surface area contributed by atoms with Gasteiger partial charge in [-0.25, -0.2) is 8.42 Å². The molecule has 1 fully saturated rings. The summed E-state index contributed by atoms with van der Waals surface area (Å²) in [5.74, 6) is -0.0674. The maximum atomic E-state index is 12.9. The van der Waals surface area contributed by atoms with Crippen LogP contribution in [0.2, 0.25) is 0 Å². The van der Waals surface area contributed by atoms with Crippen LogP contribution in [0.5, 0.6) is 5.75 Å². The molecule has 2 aromatic rings. The molecular weight excluding hydrogens is 400 g/mol. The van der Waals surface area contributed by atoms with Gasteiger partial charge in [0.25, 0.3) is 10.0 Å². The number of piperazine rings is 1. The first-order chi connectivity index (χ1) is 13.7. The van der Waals surface area contributed by atoms with Gasteiger partial charge in [-0.05, 0) is 50.2 Å². The Labute approximate surface area is 170 Å². The first-order valence-electron chi connectivity index (χ1n) is 9.28. The summed E-state index contributed by atoms with van der Waals surface area (Å²) in [6, 6.07) is 9.29. The summed E-state index contributed by atoms with van der Waals surface area (Å²) in [6.07, 6.45) is 0. The normalized spacial score (nSPS) is 15.6. The zero-order valence-electron chi connectivity index (χ0n) is 16.7. The van der Waals surface area contributed by atoms with E-state index in [1.807, 2.05) is 6.92 Å². The number of nitrogens with zero attached hydrogens (tertiary/aromatic N) is 2. The van der Waals surface area contributed by atoms with Crippen LogP contribution in [0.3, 0.4) is 0 Å². The predicted octanol–water partition coefficient (Wildman–Crippen LogP) is 3.46. The highest BCUT2D eigenvalue weighted by atomic mass is 32.2. The smallest absolute Gasteiger partial charge is 0.387 e. The topological polar surface area (TPSA) is 61.9 Å². The second kappa shape index (κ2) is 8.54. The molecule has 29 heavy (non-hydrogen) atoms. The van der Waals surface area contributed by atoms with Crippen LogP contribution >= 0.6 is 0 Å². The number of benzene rings is 2. The van der Waals surface area contributed by atoms with Crippen molar-refractivity contribution in [2.75, 3.05) is 42.8 Å². The number of anilines is 2. The first kappa shape index (κ1) is 21.3. The van der Waals surface area contributed by atoms with Crippen LogP contribution in [-0.2, 0) is 10.0 Å². The average Bonchev–Trinajstić information content (AvgIpc) is 2.65. The molecule has 0 unspecified atom stereocenters. The number of rotatable bonds is 6. The molecular formula is C20H25F2N3O3S. The van der Waals surface area contributed by atoms with Gasteiger partial charge >= 0.3 is 6.61 Å². The Morgan fingerprint density at radius 3 is 2.31 bits per heavy atom. The van der Waals surface area contributed by atoms with Gasteiger partial charge in [0.1, 0.15) is 5.75 Å². The third-order valence-corrected chi connectivity index (χ3v) is 6.37. The van der Waals surface area contributed by atoms with Crippen LogP contribution in [0.15, 0.2) is 41.3 Å². The third-order valence-electron chi connectivity index (χ3n) is 4.99. The van der Waals surface area contributed by atoms with Crippen molar-refractivity contribution < 1.29 is 21.9 Å². The van der Waals surface area contributed by atoms with E-state index in [1.165, 1.54) is 18.2 Å². The summed E-state index contributed by atoms with van der Waals surface area (Å²) < 4.78 is 57.8. The quantitative estimate of drug-likeness (QED) is 0.768. The number of nitrogens with one attached hydrogen (secondary N) is 1. The third kappa shape index (κ3) is 5.16. The Kier molecular flexibility index (Phi) is 6.28. The van der Waals surface area contributed by atoms with Gasteiger partial charge in [-0.3, -0.25) is 4.72 Å². The minimum absolute atomic E-state index is 0.0674. The van der Waals surface area contributed by atoms with E-state index in [-0.39, 0.29) is 16.3 Å². The first-order valence-corrected chi connectivity index (χ1v) is 10.8. The van der Waals surface area contributed by atoms with Gasteiger partial charge in [0.15, 0.2) is 0 Å². The minimum atomic E-state index is -3.89. The number of halogens is 2. The van der Waals surface area contributed by atoms with E-state index in [0.717, 1.165) is 37.4 Å². The average molecular weight is 426 g/mol. The van der Waals surface area contributed by atoms with Crippen molar-refractivity contribution in [3.8, 4) is 5.75 Å². The van der Waals surface area contributed by atoms with Gasteiger partial charge in [0.05, 0.1) is 10.6 Å². The molecule has 158 valence electrons. The number of alkyl halides is 2. The van der Waals surface area contributed by atoms with Crippen molar-refractivity contribution in [3.05, 3.63) is 47.5 Å². The second-order valence-corrected chi connectivity index (χ2v) is 8.89. The van der Waals surface area contributed by atoms with E-state index in [1.54, 1.807) is 25.1 Å². The fourth-order valence-corrected chi connectivity index (χ4v) is 4.31. The molecule has 0 amide bonds. The van der Waals surface area contributed by atoms with Gasteiger partial charge in [-0.2, -0.15) is 8.78 Å². The number of ether oxygens (including phenoxy) is 1. The number of hydrogen-bond acceptors (Lipinski definition) is 5. The van der Waals surface area contributed by atoms with Crippen molar-refractivity contribution >= 4 is 21.4 Å². The summed E-state index contributed by atoms with van der Waals surface area (Å²) in [6.45, 7) is 4.03. The van der Waals surface area contributed by atoms with Crippen LogP contribution < -0.4 is 14.4 Å². The van der Waals surface area contributed by atoms with E-state index in [0.29, 0.717) is 5.56 Å². The van der Waals surface area contributed by atoms with E-state index in [2.05, 4.69) is 26.3 Å². The highest BCUT2D eigenvalue weighted by Gasteiger charge is 2.21. The van der Waals surface area contributed by atoms with Crippen molar-refractivity contribution in [3.63, 3.8) is 0 Å². The molecule has 6 nitrogen and oxygen atoms in total. The maximum absolute atomic E-state index is 12.9. The molecule has 0 bridgehead atoms. The number of aryl methyl sites for hydroxylation is 2. The summed E-state index contributed by atoms with van der Waals surface area (Å²) >= 11 is 0. The zero-order valence-corrected chi connectivity index (χ0v) is 17.5. The number of hydrogen-bond donors (Lipinski definition) is 1. The summed E-state index contributed by atoms with van der Waals surface area (Å²) in [4.78, 5) is 4.52. The summed E-state index contributed by atoms with van der Waals surface area (Å²) in [5, 5.41) is 0. The fourth-order valence-electron chi connectivity index (χ4n) is 3.25. The van der Waals surface area contributed by atoms with Crippen LogP contribution in [0.1, 0.15) is 11.1 Å². The molecule has 9 heteroatoms. The molecule has 1 heterocycles. The summed E-state index contributed by atoms with van der Waals surface area (Å²) in [5.41, 5.74) is 2.52. The Balaban J connectivity index is 1.85. The van der Waals surface area contributed by atoms with Gasteiger partial charge < -0.3 is 14.5 Å². The SMILES string of the molecule is Cc1ccc(NS(=O)(=O)c2ccc(C)c(N3CCN(C)CC3)c2)cc1OC(F)F. The minimum Gasteiger partial charge on any atom is -0.434 e. The molecule has 3 rings (SSSR count). The molecule has 1 saturated heterocycles. The van der Waals surface area contributed by atoms with Crippen LogP contribution in [0, 0.1) is 13.8 Å². The lowest BCUT2D eigenvalue weighted by Gasteiger charge is -2.35.